The van der Waals surface area contributed by atoms with Gasteiger partial charge in [-0.2, -0.15) is 0 Å². The minimum absolute atomic E-state index is 0.131. The third-order valence-corrected chi connectivity index (χ3v) is 4.16. The van der Waals surface area contributed by atoms with E-state index in [9.17, 15) is 23.9 Å². The Balaban J connectivity index is 2.30. The minimum Gasteiger partial charge on any atom is -0.364 e. The van der Waals surface area contributed by atoms with E-state index < -0.39 is 23.4 Å². The van der Waals surface area contributed by atoms with Crippen LogP contribution in [0.1, 0.15) is 18.8 Å². The molecule has 1 unspecified atom stereocenters. The maximum atomic E-state index is 14.6. The molecule has 2 N–H and O–H groups in total. The number of halogens is 1. The largest absolute Gasteiger partial charge is 0.364 e. The first-order valence-electron chi connectivity index (χ1n) is 7.77. The van der Waals surface area contributed by atoms with Gasteiger partial charge in [0.05, 0.1) is 22.3 Å². The van der Waals surface area contributed by atoms with Crippen LogP contribution in [0.4, 0.5) is 4.39 Å². The van der Waals surface area contributed by atoms with Gasteiger partial charge in [-0.15, -0.1) is 0 Å². The molecular formula is C16H17FN4O5. The first-order chi connectivity index (χ1) is 12.3. The second kappa shape index (κ2) is 6.39. The molecule has 0 aliphatic heterocycles. The van der Waals surface area contributed by atoms with Gasteiger partial charge in [-0.1, -0.05) is 0 Å². The molecule has 0 spiro atoms. The maximum Gasteiger partial charge on any atom is 0.333 e. The quantitative estimate of drug-likeness (QED) is 0.627. The summed E-state index contributed by atoms with van der Waals surface area (Å²) in [5.41, 5.74) is -1.73. The van der Waals surface area contributed by atoms with Gasteiger partial charge < -0.3 is 9.84 Å². The lowest BCUT2D eigenvalue weighted by Crippen LogP contribution is -2.32. The Morgan fingerprint density at radius 2 is 1.81 bits per heavy atom. The lowest BCUT2D eigenvalue weighted by atomic mass is 10.2. The number of aliphatic hydroxyl groups excluding tert-OH is 1. The summed E-state index contributed by atoms with van der Waals surface area (Å²) in [5.74, 6) is -0.773. The van der Waals surface area contributed by atoms with Crippen molar-refractivity contribution in [2.45, 2.75) is 13.2 Å². The molecule has 0 bridgehead atoms. The third-order valence-electron chi connectivity index (χ3n) is 4.16. The van der Waals surface area contributed by atoms with Crippen molar-refractivity contribution in [1.29, 1.82) is 0 Å². The molecule has 9 nitrogen and oxygen atoms in total. The lowest BCUT2D eigenvalue weighted by Gasteiger charge is -2.13. The van der Waals surface area contributed by atoms with Crippen molar-refractivity contribution in [3.05, 3.63) is 61.0 Å². The van der Waals surface area contributed by atoms with E-state index in [2.05, 4.69) is 0 Å². The highest BCUT2D eigenvalue weighted by Crippen LogP contribution is 2.20. The molecule has 0 radical (unpaired) electrons. The van der Waals surface area contributed by atoms with Crippen LogP contribution in [0, 0.1) is 5.82 Å². The second-order valence-electron chi connectivity index (χ2n) is 5.71. The number of nitrogens with one attached hydrogen (secondary N) is 1. The second-order valence-corrected chi connectivity index (χ2v) is 5.71. The smallest absolute Gasteiger partial charge is 0.333 e. The van der Waals surface area contributed by atoms with Crippen LogP contribution in [0.2, 0.25) is 0 Å². The molecule has 0 fully saturated rings. The Labute approximate surface area is 145 Å². The van der Waals surface area contributed by atoms with Crippen molar-refractivity contribution < 1.29 is 14.2 Å². The molecule has 1 aromatic carbocycles. The van der Waals surface area contributed by atoms with Gasteiger partial charge in [0.15, 0.2) is 6.29 Å². The molecule has 1 atom stereocenters. The van der Waals surface area contributed by atoms with Gasteiger partial charge in [-0.3, -0.25) is 23.5 Å². The zero-order valence-corrected chi connectivity index (χ0v) is 14.3. The standard InChI is InChI=1S/C16H17FN4O5/c1-4-26-14(23)8-7-21(15(24)18-13(8)22)10-6-12-11(5-9(10)17)19(2)16(25)20(12)3/h5-7,14,23H,4H2,1-3H3,(H,18,22,24). The van der Waals surface area contributed by atoms with Crippen molar-refractivity contribution in [3.8, 4) is 5.69 Å². The summed E-state index contributed by atoms with van der Waals surface area (Å²) < 4.78 is 23.0. The average molecular weight is 364 g/mol. The first kappa shape index (κ1) is 17.8. The first-order valence-corrected chi connectivity index (χ1v) is 7.77. The molecule has 10 heteroatoms. The molecule has 2 heterocycles. The Kier molecular flexibility index (Phi) is 4.38. The molecule has 0 aliphatic rings. The summed E-state index contributed by atoms with van der Waals surface area (Å²) in [6.45, 7) is 1.75. The zero-order chi connectivity index (χ0) is 19.2. The number of rotatable bonds is 4. The fourth-order valence-corrected chi connectivity index (χ4v) is 2.78. The maximum absolute atomic E-state index is 14.6. The Morgan fingerprint density at radius 1 is 1.19 bits per heavy atom. The van der Waals surface area contributed by atoms with Crippen molar-refractivity contribution in [1.82, 2.24) is 18.7 Å². The lowest BCUT2D eigenvalue weighted by molar-refractivity contribution is -0.0991. The Bertz CT molecular complexity index is 1170. The fourth-order valence-electron chi connectivity index (χ4n) is 2.78. The van der Waals surface area contributed by atoms with Crippen molar-refractivity contribution >= 4 is 11.0 Å². The number of aromatic amines is 1. The average Bonchev–Trinajstić information content (AvgIpc) is 2.79. The highest BCUT2D eigenvalue weighted by Gasteiger charge is 2.18. The van der Waals surface area contributed by atoms with Crippen molar-refractivity contribution in [2.24, 2.45) is 14.1 Å². The van der Waals surface area contributed by atoms with E-state index >= 15 is 0 Å². The van der Waals surface area contributed by atoms with Gasteiger partial charge in [0.1, 0.15) is 5.82 Å². The van der Waals surface area contributed by atoms with Gasteiger partial charge in [0.25, 0.3) is 5.56 Å². The normalized spacial score (nSPS) is 12.7. The molecule has 2 aromatic heterocycles. The van der Waals surface area contributed by atoms with Gasteiger partial charge in [0.2, 0.25) is 0 Å². The number of aryl methyl sites for hydroxylation is 2. The molecule has 0 amide bonds. The van der Waals surface area contributed by atoms with Crippen LogP contribution in [0.3, 0.4) is 0 Å². The molecule has 0 aliphatic carbocycles. The number of hydrogen-bond acceptors (Lipinski definition) is 5. The van der Waals surface area contributed by atoms with E-state index in [4.69, 9.17) is 4.74 Å². The van der Waals surface area contributed by atoms with Crippen LogP contribution < -0.4 is 16.9 Å². The van der Waals surface area contributed by atoms with Crippen LogP contribution in [-0.2, 0) is 18.8 Å². The number of aromatic nitrogens is 4. The topological polar surface area (TPSA) is 111 Å². The van der Waals surface area contributed by atoms with E-state index in [0.717, 1.165) is 16.8 Å². The summed E-state index contributed by atoms with van der Waals surface area (Å²) in [7, 11) is 3.03. The van der Waals surface area contributed by atoms with E-state index in [1.165, 1.54) is 29.3 Å². The summed E-state index contributed by atoms with van der Waals surface area (Å²) in [4.78, 5) is 38.1. The number of imidazole rings is 1. The van der Waals surface area contributed by atoms with Crippen molar-refractivity contribution in [3.63, 3.8) is 0 Å². The van der Waals surface area contributed by atoms with Crippen LogP contribution in [0.5, 0.6) is 0 Å². The van der Waals surface area contributed by atoms with E-state index in [1.54, 1.807) is 6.92 Å². The number of benzene rings is 1. The summed E-state index contributed by atoms with van der Waals surface area (Å²) >= 11 is 0. The van der Waals surface area contributed by atoms with E-state index in [-0.39, 0.29) is 23.5 Å². The Morgan fingerprint density at radius 3 is 2.42 bits per heavy atom. The summed E-state index contributed by atoms with van der Waals surface area (Å²) in [5, 5.41) is 9.89. The highest BCUT2D eigenvalue weighted by atomic mass is 19.1. The summed E-state index contributed by atoms with van der Waals surface area (Å²) in [6, 6.07) is 2.45. The minimum atomic E-state index is -1.57. The molecule has 3 rings (SSSR count). The van der Waals surface area contributed by atoms with Crippen LogP contribution in [0.25, 0.3) is 16.7 Å². The Hall–Kier alpha value is -2.98. The number of fused-ring (bicyclic) bond motifs is 1. The number of H-pyrrole nitrogens is 1. The van der Waals surface area contributed by atoms with Gasteiger partial charge >= 0.3 is 11.4 Å². The van der Waals surface area contributed by atoms with Crippen LogP contribution >= 0.6 is 0 Å². The molecule has 3 aromatic rings. The van der Waals surface area contributed by atoms with Crippen molar-refractivity contribution in [2.75, 3.05) is 6.61 Å². The molecular weight excluding hydrogens is 347 g/mol. The molecule has 0 saturated heterocycles. The monoisotopic (exact) mass is 364 g/mol. The predicted octanol–water partition coefficient (Wildman–Crippen LogP) is -0.117. The number of ether oxygens (including phenoxy) is 1. The van der Waals surface area contributed by atoms with Crippen LogP contribution in [0.15, 0.2) is 32.7 Å². The molecule has 0 saturated carbocycles. The number of aliphatic hydroxyl groups is 1. The summed E-state index contributed by atoms with van der Waals surface area (Å²) in [6.07, 6.45) is -0.546. The molecule has 26 heavy (non-hydrogen) atoms. The number of nitrogens with zero attached hydrogens (tertiary/aromatic N) is 3. The third kappa shape index (κ3) is 2.68. The van der Waals surface area contributed by atoms with E-state index in [1.807, 2.05) is 4.98 Å². The molecule has 138 valence electrons. The predicted molar refractivity (Wildman–Crippen MR) is 90.9 cm³/mol. The fraction of sp³-hybridized carbons (Fsp3) is 0.312. The van der Waals surface area contributed by atoms with E-state index in [0.29, 0.717) is 11.0 Å². The highest BCUT2D eigenvalue weighted by molar-refractivity contribution is 5.78. The number of hydrogen-bond donors (Lipinski definition) is 2. The SMILES string of the molecule is CCOC(O)c1cn(-c2cc3c(cc2F)n(C)c(=O)n3C)c(=O)[nH]c1=O. The van der Waals surface area contributed by atoms with Gasteiger partial charge in [-0.25, -0.2) is 14.0 Å². The van der Waals surface area contributed by atoms with Crippen LogP contribution in [-0.4, -0.2) is 30.4 Å². The zero-order valence-electron chi connectivity index (χ0n) is 14.3. The van der Waals surface area contributed by atoms with Gasteiger partial charge in [-0.05, 0) is 13.0 Å². The van der Waals surface area contributed by atoms with Gasteiger partial charge in [0, 0.05) is 33.0 Å².